The van der Waals surface area contributed by atoms with Gasteiger partial charge in [-0.05, 0) is 48.4 Å². The van der Waals surface area contributed by atoms with Crippen molar-refractivity contribution < 1.29 is 14.7 Å². The van der Waals surface area contributed by atoms with Crippen LogP contribution in [0.1, 0.15) is 24.1 Å². The lowest BCUT2D eigenvalue weighted by Gasteiger charge is -2.34. The van der Waals surface area contributed by atoms with E-state index in [1.807, 2.05) is 61.5 Å². The highest BCUT2D eigenvalue weighted by atomic mass is 16.3. The van der Waals surface area contributed by atoms with Crippen molar-refractivity contribution in [1.82, 2.24) is 10.2 Å². The number of fused-ring (bicyclic) bond motifs is 1. The van der Waals surface area contributed by atoms with Crippen molar-refractivity contribution in [2.75, 3.05) is 12.4 Å². The van der Waals surface area contributed by atoms with E-state index in [4.69, 9.17) is 0 Å². The van der Waals surface area contributed by atoms with Crippen LogP contribution in [0.3, 0.4) is 0 Å². The molecule has 6 heteroatoms. The Kier molecular flexibility index (Phi) is 4.91. The van der Waals surface area contributed by atoms with Crippen molar-refractivity contribution in [2.24, 2.45) is 0 Å². The zero-order chi connectivity index (χ0) is 21.4. The SMILES string of the molecule is CC1=C(C(=O)Nc2cccc(C)c2)C(c2c(O)ccc3ccccc23)NC(=O)N1C. The Balaban J connectivity index is 1.85. The Morgan fingerprint density at radius 3 is 2.60 bits per heavy atom. The molecule has 3 amide bonds. The highest BCUT2D eigenvalue weighted by Gasteiger charge is 2.36. The van der Waals surface area contributed by atoms with Crippen LogP contribution in [-0.2, 0) is 4.79 Å². The van der Waals surface area contributed by atoms with E-state index < -0.39 is 6.04 Å². The monoisotopic (exact) mass is 401 g/mol. The molecule has 1 aliphatic heterocycles. The normalized spacial score (nSPS) is 16.6. The van der Waals surface area contributed by atoms with E-state index in [1.54, 1.807) is 20.0 Å². The summed E-state index contributed by atoms with van der Waals surface area (Å²) in [7, 11) is 1.61. The van der Waals surface area contributed by atoms with Crippen LogP contribution < -0.4 is 10.6 Å². The smallest absolute Gasteiger partial charge is 0.322 e. The first-order valence-corrected chi connectivity index (χ1v) is 9.70. The summed E-state index contributed by atoms with van der Waals surface area (Å²) in [5.41, 5.74) is 3.10. The third kappa shape index (κ3) is 3.37. The van der Waals surface area contributed by atoms with Crippen LogP contribution in [0.15, 0.2) is 71.9 Å². The number of nitrogens with zero attached hydrogens (tertiary/aromatic N) is 1. The number of benzene rings is 3. The Hall–Kier alpha value is -3.80. The second-order valence-electron chi connectivity index (χ2n) is 7.48. The molecule has 4 rings (SSSR count). The number of amides is 3. The first-order chi connectivity index (χ1) is 14.4. The van der Waals surface area contributed by atoms with Gasteiger partial charge in [-0.1, -0.05) is 42.5 Å². The maximum Gasteiger partial charge on any atom is 0.322 e. The molecule has 0 bridgehead atoms. The van der Waals surface area contributed by atoms with E-state index in [1.165, 1.54) is 4.90 Å². The van der Waals surface area contributed by atoms with Crippen molar-refractivity contribution in [3.05, 3.63) is 83.1 Å². The number of phenols is 1. The molecule has 0 fully saturated rings. The van der Waals surface area contributed by atoms with Gasteiger partial charge in [-0.2, -0.15) is 0 Å². The third-order valence-corrected chi connectivity index (χ3v) is 5.51. The largest absolute Gasteiger partial charge is 0.508 e. The van der Waals surface area contributed by atoms with Gasteiger partial charge in [0.05, 0.1) is 11.6 Å². The molecule has 0 spiro atoms. The highest BCUT2D eigenvalue weighted by molar-refractivity contribution is 6.07. The van der Waals surface area contributed by atoms with Crippen molar-refractivity contribution >= 4 is 28.4 Å². The van der Waals surface area contributed by atoms with E-state index in [-0.39, 0.29) is 17.7 Å². The van der Waals surface area contributed by atoms with Crippen LogP contribution in [0, 0.1) is 6.92 Å². The third-order valence-electron chi connectivity index (χ3n) is 5.51. The molecule has 30 heavy (non-hydrogen) atoms. The number of aromatic hydroxyl groups is 1. The molecule has 152 valence electrons. The van der Waals surface area contributed by atoms with Gasteiger partial charge in [0, 0.05) is 24.0 Å². The summed E-state index contributed by atoms with van der Waals surface area (Å²) < 4.78 is 0. The number of anilines is 1. The molecule has 3 N–H and O–H groups in total. The lowest BCUT2D eigenvalue weighted by Crippen LogP contribution is -2.46. The summed E-state index contributed by atoms with van der Waals surface area (Å²) in [6.45, 7) is 3.69. The molecule has 6 nitrogen and oxygen atoms in total. The minimum atomic E-state index is -0.787. The highest BCUT2D eigenvalue weighted by Crippen LogP contribution is 2.39. The van der Waals surface area contributed by atoms with Crippen LogP contribution in [-0.4, -0.2) is 29.0 Å². The van der Waals surface area contributed by atoms with Crippen LogP contribution in [0.5, 0.6) is 5.75 Å². The van der Waals surface area contributed by atoms with Crippen molar-refractivity contribution in [3.63, 3.8) is 0 Å². The number of nitrogens with one attached hydrogen (secondary N) is 2. The zero-order valence-electron chi connectivity index (χ0n) is 17.1. The second kappa shape index (κ2) is 7.55. The number of aryl methyl sites for hydroxylation is 1. The minimum absolute atomic E-state index is 0.0252. The molecule has 3 aromatic carbocycles. The number of carbonyl (C=O) groups is 2. The molecule has 1 atom stereocenters. The lowest BCUT2D eigenvalue weighted by atomic mass is 9.90. The summed E-state index contributed by atoms with van der Waals surface area (Å²) in [5, 5.41) is 18.2. The topological polar surface area (TPSA) is 81.7 Å². The standard InChI is InChI=1S/C24H23N3O3/c1-14-7-6-9-17(13-14)25-23(29)20-15(2)27(3)24(30)26-22(20)21-18-10-5-4-8-16(18)11-12-19(21)28/h4-13,22,28H,1-3H3,(H,25,29)(H,26,30). The van der Waals surface area contributed by atoms with Gasteiger partial charge in [-0.3, -0.25) is 4.79 Å². The van der Waals surface area contributed by atoms with E-state index in [9.17, 15) is 14.7 Å². The fourth-order valence-corrected chi connectivity index (χ4v) is 3.85. The van der Waals surface area contributed by atoms with Gasteiger partial charge < -0.3 is 20.6 Å². The van der Waals surface area contributed by atoms with E-state index in [0.717, 1.165) is 16.3 Å². The maximum absolute atomic E-state index is 13.3. The molecule has 1 aliphatic rings. The van der Waals surface area contributed by atoms with Crippen molar-refractivity contribution in [1.29, 1.82) is 0 Å². The Bertz CT molecular complexity index is 1200. The molecule has 0 radical (unpaired) electrons. The van der Waals surface area contributed by atoms with Gasteiger partial charge in [0.2, 0.25) is 0 Å². The zero-order valence-corrected chi connectivity index (χ0v) is 17.1. The molecule has 1 unspecified atom stereocenters. The number of urea groups is 1. The van der Waals surface area contributed by atoms with E-state index >= 15 is 0 Å². The summed E-state index contributed by atoms with van der Waals surface area (Å²) in [6.07, 6.45) is 0. The average molecular weight is 401 g/mol. The fraction of sp³-hybridized carbons (Fsp3) is 0.167. The quantitative estimate of drug-likeness (QED) is 0.606. The summed E-state index contributed by atoms with van der Waals surface area (Å²) in [5.74, 6) is -0.306. The van der Waals surface area contributed by atoms with E-state index in [2.05, 4.69) is 10.6 Å². The summed E-state index contributed by atoms with van der Waals surface area (Å²) >= 11 is 0. The van der Waals surface area contributed by atoms with Gasteiger partial charge in [0.15, 0.2) is 0 Å². The Morgan fingerprint density at radius 2 is 1.83 bits per heavy atom. The molecule has 0 saturated heterocycles. The average Bonchev–Trinajstić information content (AvgIpc) is 2.71. The van der Waals surface area contributed by atoms with Crippen molar-refractivity contribution in [2.45, 2.75) is 19.9 Å². The van der Waals surface area contributed by atoms with Crippen LogP contribution >= 0.6 is 0 Å². The number of hydrogen-bond acceptors (Lipinski definition) is 3. The van der Waals surface area contributed by atoms with E-state index in [0.29, 0.717) is 22.5 Å². The molecule has 0 aliphatic carbocycles. The van der Waals surface area contributed by atoms with Gasteiger partial charge >= 0.3 is 6.03 Å². The number of carbonyl (C=O) groups excluding carboxylic acids is 2. The van der Waals surface area contributed by atoms with Gasteiger partial charge in [0.25, 0.3) is 5.91 Å². The number of rotatable bonds is 3. The molecular formula is C24H23N3O3. The van der Waals surface area contributed by atoms with Gasteiger partial charge in [-0.15, -0.1) is 0 Å². The number of phenolic OH excluding ortho intramolecular Hbond substituents is 1. The van der Waals surface area contributed by atoms with Crippen LogP contribution in [0.2, 0.25) is 0 Å². The molecule has 0 aromatic heterocycles. The Morgan fingerprint density at radius 1 is 1.07 bits per heavy atom. The molecular weight excluding hydrogens is 378 g/mol. The van der Waals surface area contributed by atoms with Gasteiger partial charge in [-0.25, -0.2) is 4.79 Å². The minimum Gasteiger partial charge on any atom is -0.508 e. The Labute approximate surface area is 174 Å². The van der Waals surface area contributed by atoms with Crippen molar-refractivity contribution in [3.8, 4) is 5.75 Å². The summed E-state index contributed by atoms with van der Waals surface area (Å²) in [6, 6.07) is 17.4. The lowest BCUT2D eigenvalue weighted by molar-refractivity contribution is -0.113. The maximum atomic E-state index is 13.3. The molecule has 1 heterocycles. The molecule has 3 aromatic rings. The predicted molar refractivity (Wildman–Crippen MR) is 117 cm³/mol. The number of hydrogen-bond donors (Lipinski definition) is 3. The summed E-state index contributed by atoms with van der Waals surface area (Å²) in [4.78, 5) is 27.3. The predicted octanol–water partition coefficient (Wildman–Crippen LogP) is 4.46. The number of allylic oxidation sites excluding steroid dienone is 1. The van der Waals surface area contributed by atoms with Gasteiger partial charge in [0.1, 0.15) is 5.75 Å². The molecule has 0 saturated carbocycles. The van der Waals surface area contributed by atoms with Crippen LogP contribution in [0.25, 0.3) is 10.8 Å². The second-order valence-corrected chi connectivity index (χ2v) is 7.48. The van der Waals surface area contributed by atoms with Crippen LogP contribution in [0.4, 0.5) is 10.5 Å². The first-order valence-electron chi connectivity index (χ1n) is 9.70. The fourth-order valence-electron chi connectivity index (χ4n) is 3.85. The first kappa shape index (κ1) is 19.5.